The first-order chi connectivity index (χ1) is 26.9. The molecule has 5 aliphatic rings. The van der Waals surface area contributed by atoms with Crippen LogP contribution in [0, 0.1) is 11.6 Å². The fourth-order valence-electron chi connectivity index (χ4n) is 9.78. The number of carbonyl (C=O) groups excluding carboxylic acids is 1. The molecule has 9 rings (SSSR count). The molecular weight excluding hydrogens is 729 g/mol. The summed E-state index contributed by atoms with van der Waals surface area (Å²) in [5.74, 6) is -0.320. The molecule has 5 atom stereocenters. The average Bonchev–Trinajstić information content (AvgIpc) is 3.76. The van der Waals surface area contributed by atoms with E-state index in [1.54, 1.807) is 18.2 Å². The monoisotopic (exact) mass is 776 g/mol. The minimum absolute atomic E-state index is 0.0528. The second kappa shape index (κ2) is 13.8. The van der Waals surface area contributed by atoms with Crippen LogP contribution >= 0.6 is 0 Å². The summed E-state index contributed by atoms with van der Waals surface area (Å²) >= 11 is 0. The van der Waals surface area contributed by atoms with Gasteiger partial charge in [-0.25, -0.2) is 22.9 Å². The maximum Gasteiger partial charge on any atom is 0.410 e. The second-order valence-electron chi connectivity index (χ2n) is 16.7. The first-order valence-electron chi connectivity index (χ1n) is 19.6. The van der Waals surface area contributed by atoms with Crippen LogP contribution in [0.4, 0.5) is 23.8 Å². The normalized spacial score (nSPS) is 25.6. The van der Waals surface area contributed by atoms with Crippen molar-refractivity contribution in [1.82, 2.24) is 24.8 Å². The number of halogens is 3. The van der Waals surface area contributed by atoms with Gasteiger partial charge in [0.25, 0.3) is 0 Å². The molecule has 2 aromatic heterocycles. The van der Waals surface area contributed by atoms with Gasteiger partial charge in [0.15, 0.2) is 12.6 Å². The molecule has 4 saturated heterocycles. The molecular formula is C41H47F3N6O6. The highest BCUT2D eigenvalue weighted by molar-refractivity contribution is 6.03. The molecule has 298 valence electrons. The summed E-state index contributed by atoms with van der Waals surface area (Å²) < 4.78 is 77.5. The fraction of sp³-hybridized carbons (Fsp3) is 0.561. The average molecular weight is 777 g/mol. The van der Waals surface area contributed by atoms with E-state index in [2.05, 4.69) is 9.80 Å². The lowest BCUT2D eigenvalue weighted by Gasteiger charge is -2.46. The molecule has 1 amide bonds. The number of benzene rings is 2. The summed E-state index contributed by atoms with van der Waals surface area (Å²) in [6.45, 7) is 9.09. The number of piperazine rings is 1. The first kappa shape index (κ1) is 37.0. The van der Waals surface area contributed by atoms with Crippen molar-refractivity contribution >= 4 is 33.6 Å². The SMILES string of the molecule is CCc1c(F)ccc2cc(OCOC)cc(-c3nc4c5c(nc(OC[C@]67CCCN6C[C@H](F)C7)nc5c3F)N3C[C@@H]5CC[C@H]([C@H]3CO4)N5C(=O)OC(C)(C)C)c12. The minimum atomic E-state index is -0.958. The third kappa shape index (κ3) is 6.12. The van der Waals surface area contributed by atoms with Gasteiger partial charge in [-0.05, 0) is 94.0 Å². The number of aromatic nitrogens is 3. The predicted octanol–water partition coefficient (Wildman–Crippen LogP) is 6.97. The third-order valence-corrected chi connectivity index (χ3v) is 12.1. The zero-order valence-electron chi connectivity index (χ0n) is 32.4. The van der Waals surface area contributed by atoms with Crippen molar-refractivity contribution in [3.63, 3.8) is 0 Å². The van der Waals surface area contributed by atoms with Gasteiger partial charge in [-0.2, -0.15) is 9.97 Å². The predicted molar refractivity (Wildman–Crippen MR) is 202 cm³/mol. The molecule has 7 heterocycles. The molecule has 56 heavy (non-hydrogen) atoms. The Balaban J connectivity index is 1.21. The number of alkyl halides is 1. The van der Waals surface area contributed by atoms with Gasteiger partial charge in [-0.15, -0.1) is 0 Å². The van der Waals surface area contributed by atoms with Gasteiger partial charge in [-0.1, -0.05) is 13.0 Å². The van der Waals surface area contributed by atoms with Crippen molar-refractivity contribution in [2.75, 3.05) is 51.7 Å². The van der Waals surface area contributed by atoms with E-state index in [9.17, 15) is 9.18 Å². The lowest BCUT2D eigenvalue weighted by atomic mass is 9.94. The molecule has 4 aromatic rings. The van der Waals surface area contributed by atoms with E-state index in [0.29, 0.717) is 65.8 Å². The highest BCUT2D eigenvalue weighted by atomic mass is 19.1. The van der Waals surface area contributed by atoms with Crippen LogP contribution < -0.4 is 19.1 Å². The van der Waals surface area contributed by atoms with Crippen molar-refractivity contribution in [1.29, 1.82) is 0 Å². The van der Waals surface area contributed by atoms with Gasteiger partial charge < -0.3 is 28.6 Å². The number of aryl methyl sites for hydroxylation is 1. The van der Waals surface area contributed by atoms with Crippen LogP contribution in [0.1, 0.15) is 65.4 Å². The van der Waals surface area contributed by atoms with E-state index in [4.69, 9.17) is 38.6 Å². The molecule has 0 unspecified atom stereocenters. The Morgan fingerprint density at radius 2 is 1.89 bits per heavy atom. The van der Waals surface area contributed by atoms with E-state index in [1.807, 2.05) is 32.6 Å². The molecule has 5 aliphatic heterocycles. The van der Waals surface area contributed by atoms with Gasteiger partial charge >= 0.3 is 12.1 Å². The van der Waals surface area contributed by atoms with Gasteiger partial charge in [0.05, 0.1) is 23.7 Å². The van der Waals surface area contributed by atoms with Crippen LogP contribution in [0.5, 0.6) is 17.6 Å². The lowest BCUT2D eigenvalue weighted by molar-refractivity contribution is 0.00537. The quantitative estimate of drug-likeness (QED) is 0.173. The number of amides is 1. The molecule has 2 bridgehead atoms. The second-order valence-corrected chi connectivity index (χ2v) is 16.7. The van der Waals surface area contributed by atoms with Crippen molar-refractivity contribution in [3.8, 4) is 28.9 Å². The third-order valence-electron chi connectivity index (χ3n) is 12.1. The summed E-state index contributed by atoms with van der Waals surface area (Å²) in [6.07, 6.45) is 2.50. The summed E-state index contributed by atoms with van der Waals surface area (Å²) in [7, 11) is 1.50. The van der Waals surface area contributed by atoms with Gasteiger partial charge in [-0.3, -0.25) is 9.80 Å². The summed E-state index contributed by atoms with van der Waals surface area (Å²) in [5.41, 5.74) is -0.665. The molecule has 15 heteroatoms. The van der Waals surface area contributed by atoms with E-state index >= 15 is 8.78 Å². The van der Waals surface area contributed by atoms with Crippen LogP contribution in [-0.4, -0.2) is 113 Å². The zero-order chi connectivity index (χ0) is 39.1. The number of methoxy groups -OCH3 is 1. The van der Waals surface area contributed by atoms with Gasteiger partial charge in [0.2, 0.25) is 5.88 Å². The Hall–Kier alpha value is -4.63. The molecule has 12 nitrogen and oxygen atoms in total. The minimum Gasteiger partial charge on any atom is -0.475 e. The molecule has 0 N–H and O–H groups in total. The highest BCUT2D eigenvalue weighted by Crippen LogP contribution is 2.47. The van der Waals surface area contributed by atoms with Crippen molar-refractivity contribution in [2.24, 2.45) is 0 Å². The Labute approximate surface area is 323 Å². The number of rotatable bonds is 8. The molecule has 4 fully saturated rings. The number of anilines is 1. The van der Waals surface area contributed by atoms with Crippen molar-refractivity contribution in [3.05, 3.63) is 41.5 Å². The van der Waals surface area contributed by atoms with E-state index < -0.39 is 28.9 Å². The summed E-state index contributed by atoms with van der Waals surface area (Å²) in [4.78, 5) is 34.1. The van der Waals surface area contributed by atoms with E-state index in [0.717, 1.165) is 25.8 Å². The van der Waals surface area contributed by atoms with E-state index in [-0.39, 0.29) is 72.7 Å². The summed E-state index contributed by atoms with van der Waals surface area (Å²) in [5, 5.41) is 1.39. The Bertz CT molecular complexity index is 2220. The van der Waals surface area contributed by atoms with Crippen LogP contribution in [0.25, 0.3) is 32.9 Å². The molecule has 0 radical (unpaired) electrons. The highest BCUT2D eigenvalue weighted by Gasteiger charge is 2.52. The first-order valence-corrected chi connectivity index (χ1v) is 19.6. The largest absolute Gasteiger partial charge is 0.475 e. The topological polar surface area (TPSA) is 112 Å². The lowest BCUT2D eigenvalue weighted by Crippen LogP contribution is -2.63. The number of hydrogen-bond donors (Lipinski definition) is 0. The molecule has 0 saturated carbocycles. The number of carbonyl (C=O) groups is 1. The van der Waals surface area contributed by atoms with E-state index in [1.165, 1.54) is 13.2 Å². The molecule has 0 aliphatic carbocycles. The number of nitrogens with zero attached hydrogens (tertiary/aromatic N) is 6. The van der Waals surface area contributed by atoms with Gasteiger partial charge in [0, 0.05) is 32.2 Å². The van der Waals surface area contributed by atoms with Crippen molar-refractivity contribution < 1.29 is 41.7 Å². The Morgan fingerprint density at radius 3 is 2.68 bits per heavy atom. The zero-order valence-corrected chi connectivity index (χ0v) is 32.4. The van der Waals surface area contributed by atoms with Gasteiger partial charge in [0.1, 0.15) is 59.0 Å². The van der Waals surface area contributed by atoms with Crippen LogP contribution in [0.2, 0.25) is 0 Å². The Morgan fingerprint density at radius 1 is 1.05 bits per heavy atom. The smallest absolute Gasteiger partial charge is 0.410 e. The van der Waals surface area contributed by atoms with Crippen LogP contribution in [0.3, 0.4) is 0 Å². The number of fused-ring (bicyclic) bond motifs is 7. The standard InChI is InChI=1S/C41H47F3N6O6/c1-6-26-28(43)10-8-22-14-25(55-21-52-5)15-27(31(22)26)34-33(44)35-32-36(47-38(46-35)54-20-41-12-7-13-48(41)17-23(42)16-41)49-18-24-9-11-29(30(49)19-53-37(32)45-34)50(24)39(51)56-40(2,3)4/h8,10,14-15,23-24,29-30H,6-7,9,11-13,16-21H2,1-5H3/t23-,24+,29-,30-,41-/m1/s1. The fourth-order valence-corrected chi connectivity index (χ4v) is 9.78. The Kier molecular flexibility index (Phi) is 9.10. The number of hydrogen-bond acceptors (Lipinski definition) is 11. The maximum atomic E-state index is 17.6. The van der Waals surface area contributed by atoms with Crippen LogP contribution in [-0.2, 0) is 15.9 Å². The molecule has 0 spiro atoms. The number of pyridine rings is 1. The maximum absolute atomic E-state index is 17.6. The van der Waals surface area contributed by atoms with Crippen molar-refractivity contribution in [2.45, 2.75) is 102 Å². The number of ether oxygens (including phenoxy) is 5. The van der Waals surface area contributed by atoms with Crippen LogP contribution in [0.15, 0.2) is 24.3 Å². The summed E-state index contributed by atoms with van der Waals surface area (Å²) in [6, 6.07) is 5.50. The molecule has 2 aromatic carbocycles.